The highest BCUT2D eigenvalue weighted by atomic mass is 79.9. The van der Waals surface area contributed by atoms with E-state index in [2.05, 4.69) is 33.4 Å². The summed E-state index contributed by atoms with van der Waals surface area (Å²) >= 11 is 8.54. The molecule has 2 fully saturated rings. The number of rotatable bonds is 6. The van der Waals surface area contributed by atoms with Crippen molar-refractivity contribution in [3.05, 3.63) is 28.2 Å². The number of hydrogen-bond acceptors (Lipinski definition) is 2. The molecule has 19 heavy (non-hydrogen) atoms. The SMILES string of the molecule is NC(=S)c1ccc(NCC(C2CC2)C2CC2)cc1Br. The second-order valence-corrected chi connectivity index (χ2v) is 7.07. The molecule has 2 nitrogen and oxygen atoms in total. The maximum atomic E-state index is 5.66. The van der Waals surface area contributed by atoms with Crippen LogP contribution in [0, 0.1) is 17.8 Å². The number of nitrogens with one attached hydrogen (secondary N) is 1. The first-order chi connectivity index (χ1) is 9.15. The third kappa shape index (κ3) is 3.29. The Morgan fingerprint density at radius 3 is 2.42 bits per heavy atom. The van der Waals surface area contributed by atoms with Gasteiger partial charge in [-0.15, -0.1) is 0 Å². The van der Waals surface area contributed by atoms with Crippen molar-refractivity contribution < 1.29 is 0 Å². The fourth-order valence-electron chi connectivity index (χ4n) is 2.83. The highest BCUT2D eigenvalue weighted by Crippen LogP contribution is 2.49. The van der Waals surface area contributed by atoms with Crippen LogP contribution in [0.4, 0.5) is 5.69 Å². The first-order valence-corrected chi connectivity index (χ1v) is 8.18. The standard InChI is InChI=1S/C15H19BrN2S/c16-14-7-11(5-6-12(14)15(17)19)18-8-13(9-1-2-9)10-3-4-10/h5-7,9-10,13,18H,1-4,8H2,(H2,17,19). The summed E-state index contributed by atoms with van der Waals surface area (Å²) in [6.07, 6.45) is 5.75. The van der Waals surface area contributed by atoms with Crippen LogP contribution in [0.3, 0.4) is 0 Å². The third-order valence-corrected chi connectivity index (χ3v) is 5.11. The Morgan fingerprint density at radius 1 is 1.32 bits per heavy atom. The Labute approximate surface area is 128 Å². The fraction of sp³-hybridized carbons (Fsp3) is 0.533. The Balaban J connectivity index is 1.63. The van der Waals surface area contributed by atoms with Crippen LogP contribution in [-0.2, 0) is 0 Å². The molecule has 0 atom stereocenters. The quantitative estimate of drug-likeness (QED) is 0.771. The van der Waals surface area contributed by atoms with E-state index in [9.17, 15) is 0 Å². The summed E-state index contributed by atoms with van der Waals surface area (Å²) in [5, 5.41) is 3.58. The molecule has 4 heteroatoms. The zero-order chi connectivity index (χ0) is 13.4. The summed E-state index contributed by atoms with van der Waals surface area (Å²) in [5.41, 5.74) is 7.72. The molecule has 0 unspecified atom stereocenters. The molecule has 3 N–H and O–H groups in total. The number of thiocarbonyl (C=S) groups is 1. The van der Waals surface area contributed by atoms with Gasteiger partial charge in [0, 0.05) is 22.3 Å². The van der Waals surface area contributed by atoms with Crippen LogP contribution in [0.2, 0.25) is 0 Å². The molecule has 1 aromatic rings. The molecule has 2 saturated carbocycles. The lowest BCUT2D eigenvalue weighted by Crippen LogP contribution is -2.18. The molecule has 0 radical (unpaired) electrons. The van der Waals surface area contributed by atoms with Gasteiger partial charge in [0.05, 0.1) is 0 Å². The minimum Gasteiger partial charge on any atom is -0.389 e. The van der Waals surface area contributed by atoms with Crippen molar-refractivity contribution in [1.82, 2.24) is 0 Å². The Hall–Kier alpha value is -0.610. The molecule has 0 spiro atoms. The van der Waals surface area contributed by atoms with Crippen molar-refractivity contribution in [2.45, 2.75) is 25.7 Å². The molecule has 102 valence electrons. The van der Waals surface area contributed by atoms with E-state index >= 15 is 0 Å². The van der Waals surface area contributed by atoms with Crippen LogP contribution < -0.4 is 11.1 Å². The topological polar surface area (TPSA) is 38.0 Å². The number of hydrogen-bond donors (Lipinski definition) is 2. The lowest BCUT2D eigenvalue weighted by atomic mass is 9.98. The summed E-state index contributed by atoms with van der Waals surface area (Å²) in [6.45, 7) is 1.11. The average Bonchev–Trinajstić information content (AvgIpc) is 3.23. The lowest BCUT2D eigenvalue weighted by molar-refractivity contribution is 0.428. The largest absolute Gasteiger partial charge is 0.389 e. The number of benzene rings is 1. The predicted molar refractivity (Wildman–Crippen MR) is 87.5 cm³/mol. The molecule has 0 aliphatic heterocycles. The normalized spacial score (nSPS) is 18.6. The van der Waals surface area contributed by atoms with Gasteiger partial charge in [0.15, 0.2) is 0 Å². The summed E-state index contributed by atoms with van der Waals surface area (Å²) in [6, 6.07) is 6.12. The van der Waals surface area contributed by atoms with Gasteiger partial charge >= 0.3 is 0 Å². The first kappa shape index (κ1) is 13.4. The minimum atomic E-state index is 0.437. The molecular formula is C15H19BrN2S. The van der Waals surface area contributed by atoms with E-state index in [1.807, 2.05) is 6.07 Å². The summed E-state index contributed by atoms with van der Waals surface area (Å²) in [4.78, 5) is 0.437. The van der Waals surface area contributed by atoms with Crippen LogP contribution in [0.25, 0.3) is 0 Å². The van der Waals surface area contributed by atoms with Crippen molar-refractivity contribution in [3.8, 4) is 0 Å². The van der Waals surface area contributed by atoms with E-state index in [4.69, 9.17) is 18.0 Å². The van der Waals surface area contributed by atoms with Crippen molar-refractivity contribution in [1.29, 1.82) is 0 Å². The van der Waals surface area contributed by atoms with E-state index in [1.54, 1.807) is 0 Å². The molecular weight excluding hydrogens is 320 g/mol. The summed E-state index contributed by atoms with van der Waals surface area (Å²) in [7, 11) is 0. The van der Waals surface area contributed by atoms with Gasteiger partial charge in [-0.3, -0.25) is 0 Å². The second kappa shape index (κ2) is 5.41. The van der Waals surface area contributed by atoms with Crippen molar-refractivity contribution in [2.24, 2.45) is 23.5 Å². The molecule has 0 bridgehead atoms. The summed E-state index contributed by atoms with van der Waals surface area (Å²) < 4.78 is 0.972. The molecule has 0 heterocycles. The maximum absolute atomic E-state index is 5.66. The molecule has 2 aliphatic rings. The fourth-order valence-corrected chi connectivity index (χ4v) is 3.73. The van der Waals surface area contributed by atoms with Gasteiger partial charge in [-0.1, -0.05) is 12.2 Å². The molecule has 0 saturated heterocycles. The maximum Gasteiger partial charge on any atom is 0.105 e. The van der Waals surface area contributed by atoms with Gasteiger partial charge in [0.1, 0.15) is 4.99 Å². The van der Waals surface area contributed by atoms with E-state index in [-0.39, 0.29) is 0 Å². The van der Waals surface area contributed by atoms with Gasteiger partial charge in [-0.2, -0.15) is 0 Å². The van der Waals surface area contributed by atoms with Gasteiger partial charge in [-0.05, 0) is 77.6 Å². The molecule has 0 amide bonds. The number of nitrogens with two attached hydrogens (primary N) is 1. The van der Waals surface area contributed by atoms with Crippen LogP contribution in [0.1, 0.15) is 31.2 Å². The van der Waals surface area contributed by atoms with Crippen molar-refractivity contribution in [3.63, 3.8) is 0 Å². The number of anilines is 1. The Morgan fingerprint density at radius 2 is 1.95 bits per heavy atom. The zero-order valence-corrected chi connectivity index (χ0v) is 13.3. The Bertz CT molecular complexity index is 483. The predicted octanol–water partition coefficient (Wildman–Crippen LogP) is 3.93. The monoisotopic (exact) mass is 338 g/mol. The average molecular weight is 339 g/mol. The van der Waals surface area contributed by atoms with E-state index in [0.717, 1.165) is 40.0 Å². The zero-order valence-electron chi connectivity index (χ0n) is 10.9. The highest BCUT2D eigenvalue weighted by molar-refractivity contribution is 9.10. The van der Waals surface area contributed by atoms with Crippen molar-refractivity contribution >= 4 is 38.8 Å². The third-order valence-electron chi connectivity index (χ3n) is 4.23. The van der Waals surface area contributed by atoms with Crippen LogP contribution >= 0.6 is 28.1 Å². The molecule has 0 aromatic heterocycles. The minimum absolute atomic E-state index is 0.437. The van der Waals surface area contributed by atoms with Gasteiger partial charge in [-0.25, -0.2) is 0 Å². The molecule has 1 aromatic carbocycles. The first-order valence-electron chi connectivity index (χ1n) is 6.98. The molecule has 3 rings (SSSR count). The molecule has 2 aliphatic carbocycles. The van der Waals surface area contributed by atoms with Gasteiger partial charge in [0.25, 0.3) is 0 Å². The van der Waals surface area contributed by atoms with Gasteiger partial charge in [0.2, 0.25) is 0 Å². The smallest absolute Gasteiger partial charge is 0.105 e. The number of halogens is 1. The Kier molecular flexibility index (Phi) is 3.81. The highest BCUT2D eigenvalue weighted by Gasteiger charge is 2.40. The van der Waals surface area contributed by atoms with E-state index in [0.29, 0.717) is 4.99 Å². The van der Waals surface area contributed by atoms with Crippen LogP contribution in [-0.4, -0.2) is 11.5 Å². The van der Waals surface area contributed by atoms with E-state index in [1.165, 1.54) is 25.7 Å². The van der Waals surface area contributed by atoms with E-state index < -0.39 is 0 Å². The lowest BCUT2D eigenvalue weighted by Gasteiger charge is -2.17. The second-order valence-electron chi connectivity index (χ2n) is 5.78. The van der Waals surface area contributed by atoms with Gasteiger partial charge < -0.3 is 11.1 Å². The van der Waals surface area contributed by atoms with Crippen molar-refractivity contribution in [2.75, 3.05) is 11.9 Å². The van der Waals surface area contributed by atoms with Crippen LogP contribution in [0.5, 0.6) is 0 Å². The van der Waals surface area contributed by atoms with Crippen LogP contribution in [0.15, 0.2) is 22.7 Å². The summed E-state index contributed by atoms with van der Waals surface area (Å²) in [5.74, 6) is 2.85.